The van der Waals surface area contributed by atoms with Crippen molar-refractivity contribution >= 4 is 0 Å². The van der Waals surface area contributed by atoms with Crippen molar-refractivity contribution in [2.75, 3.05) is 0 Å². The van der Waals surface area contributed by atoms with E-state index in [1.807, 2.05) is 26.8 Å². The van der Waals surface area contributed by atoms with Crippen LogP contribution in [0.1, 0.15) is 29.9 Å². The van der Waals surface area contributed by atoms with Crippen LogP contribution in [0.25, 0.3) is 5.69 Å². The van der Waals surface area contributed by atoms with E-state index in [1.54, 1.807) is 6.07 Å². The van der Waals surface area contributed by atoms with E-state index in [4.69, 9.17) is 5.73 Å². The summed E-state index contributed by atoms with van der Waals surface area (Å²) in [5.74, 6) is -0.311. The van der Waals surface area contributed by atoms with E-state index in [0.29, 0.717) is 11.4 Å². The molecule has 0 saturated carbocycles. The van der Waals surface area contributed by atoms with E-state index in [0.717, 1.165) is 11.3 Å². The van der Waals surface area contributed by atoms with E-state index in [9.17, 15) is 4.39 Å². The highest BCUT2D eigenvalue weighted by atomic mass is 19.1. The van der Waals surface area contributed by atoms with Gasteiger partial charge in [-0.05, 0) is 32.4 Å². The van der Waals surface area contributed by atoms with Gasteiger partial charge in [0.15, 0.2) is 0 Å². The number of benzene rings is 1. The summed E-state index contributed by atoms with van der Waals surface area (Å²) >= 11 is 0. The fourth-order valence-electron chi connectivity index (χ4n) is 1.87. The molecule has 0 aliphatic rings. The standard InChI is InChI=1S/C12H15FN4/c1-7-5-4-6-10(13)12(7)17-9(3)11(8(2)14)15-16-17/h4-6,8H,14H2,1-3H3. The zero-order valence-corrected chi connectivity index (χ0v) is 10.1. The van der Waals surface area contributed by atoms with Gasteiger partial charge in [-0.25, -0.2) is 9.07 Å². The Morgan fingerprint density at radius 3 is 2.59 bits per heavy atom. The molecule has 0 radical (unpaired) electrons. The number of rotatable bonds is 2. The average molecular weight is 234 g/mol. The first-order valence-corrected chi connectivity index (χ1v) is 5.45. The zero-order chi connectivity index (χ0) is 12.6. The molecule has 4 nitrogen and oxygen atoms in total. The normalized spacial score (nSPS) is 12.8. The van der Waals surface area contributed by atoms with Crippen LogP contribution >= 0.6 is 0 Å². The summed E-state index contributed by atoms with van der Waals surface area (Å²) in [6.07, 6.45) is 0. The van der Waals surface area contributed by atoms with Crippen LogP contribution in [-0.2, 0) is 0 Å². The molecular formula is C12H15FN4. The summed E-state index contributed by atoms with van der Waals surface area (Å²) in [5, 5.41) is 7.97. The molecule has 0 aliphatic carbocycles. The second-order valence-corrected chi connectivity index (χ2v) is 4.17. The lowest BCUT2D eigenvalue weighted by atomic mass is 10.1. The van der Waals surface area contributed by atoms with Crippen LogP contribution in [0.5, 0.6) is 0 Å². The van der Waals surface area contributed by atoms with Gasteiger partial charge in [-0.2, -0.15) is 0 Å². The zero-order valence-electron chi connectivity index (χ0n) is 10.1. The number of hydrogen-bond donors (Lipinski definition) is 1. The summed E-state index contributed by atoms with van der Waals surface area (Å²) in [6.45, 7) is 5.51. The van der Waals surface area contributed by atoms with Crippen molar-refractivity contribution in [1.29, 1.82) is 0 Å². The number of nitrogens with two attached hydrogens (primary N) is 1. The lowest BCUT2D eigenvalue weighted by molar-refractivity contribution is 0.602. The van der Waals surface area contributed by atoms with Gasteiger partial charge in [0.25, 0.3) is 0 Å². The third kappa shape index (κ3) is 1.93. The second-order valence-electron chi connectivity index (χ2n) is 4.17. The van der Waals surface area contributed by atoms with Gasteiger partial charge in [-0.15, -0.1) is 5.10 Å². The third-order valence-corrected chi connectivity index (χ3v) is 2.76. The summed E-state index contributed by atoms with van der Waals surface area (Å²) < 4.78 is 15.3. The van der Waals surface area contributed by atoms with Crippen molar-refractivity contribution in [1.82, 2.24) is 15.0 Å². The lowest BCUT2D eigenvalue weighted by Gasteiger charge is -2.09. The maximum absolute atomic E-state index is 13.8. The molecule has 2 aromatic rings. The summed E-state index contributed by atoms with van der Waals surface area (Å²) in [4.78, 5) is 0. The molecule has 1 unspecified atom stereocenters. The van der Waals surface area contributed by atoms with Gasteiger partial charge >= 0.3 is 0 Å². The maximum atomic E-state index is 13.8. The Labute approximate surface area is 99.2 Å². The van der Waals surface area contributed by atoms with Gasteiger partial charge in [0.2, 0.25) is 0 Å². The van der Waals surface area contributed by atoms with Crippen molar-refractivity contribution in [2.24, 2.45) is 5.73 Å². The number of para-hydroxylation sites is 1. The first kappa shape index (κ1) is 11.7. The molecule has 2 N–H and O–H groups in total. The van der Waals surface area contributed by atoms with E-state index in [1.165, 1.54) is 10.7 Å². The molecule has 5 heteroatoms. The van der Waals surface area contributed by atoms with Gasteiger partial charge in [0.05, 0.1) is 5.69 Å². The maximum Gasteiger partial charge on any atom is 0.149 e. The van der Waals surface area contributed by atoms with Gasteiger partial charge in [0, 0.05) is 6.04 Å². The predicted molar refractivity (Wildman–Crippen MR) is 63.4 cm³/mol. The molecule has 1 atom stereocenters. The molecule has 1 aromatic carbocycles. The van der Waals surface area contributed by atoms with Crippen molar-refractivity contribution < 1.29 is 4.39 Å². The van der Waals surface area contributed by atoms with Crippen LogP contribution in [-0.4, -0.2) is 15.0 Å². The van der Waals surface area contributed by atoms with E-state index >= 15 is 0 Å². The number of aromatic nitrogens is 3. The van der Waals surface area contributed by atoms with E-state index in [-0.39, 0.29) is 11.9 Å². The van der Waals surface area contributed by atoms with Crippen LogP contribution < -0.4 is 5.73 Å². The first-order valence-electron chi connectivity index (χ1n) is 5.45. The Kier molecular flexibility index (Phi) is 2.93. The molecule has 1 aromatic heterocycles. The number of nitrogens with zero attached hydrogens (tertiary/aromatic N) is 3. The highest BCUT2D eigenvalue weighted by molar-refractivity contribution is 5.42. The average Bonchev–Trinajstić information content (AvgIpc) is 2.61. The van der Waals surface area contributed by atoms with Gasteiger partial charge in [-0.3, -0.25) is 0 Å². The molecule has 1 heterocycles. The van der Waals surface area contributed by atoms with Crippen LogP contribution in [0, 0.1) is 19.7 Å². The fraction of sp³-hybridized carbons (Fsp3) is 0.333. The van der Waals surface area contributed by atoms with E-state index < -0.39 is 0 Å². The minimum atomic E-state index is -0.311. The fourth-order valence-corrected chi connectivity index (χ4v) is 1.87. The first-order chi connectivity index (χ1) is 8.02. The van der Waals surface area contributed by atoms with E-state index in [2.05, 4.69) is 10.3 Å². The Bertz CT molecular complexity index is 525. The molecule has 90 valence electrons. The number of aryl methyl sites for hydroxylation is 1. The number of hydrogen-bond acceptors (Lipinski definition) is 3. The molecule has 0 spiro atoms. The minimum Gasteiger partial charge on any atom is -0.323 e. The van der Waals surface area contributed by atoms with Crippen LogP contribution in [0.4, 0.5) is 4.39 Å². The third-order valence-electron chi connectivity index (χ3n) is 2.76. The summed E-state index contributed by atoms with van der Waals surface area (Å²) in [6, 6.07) is 4.71. The molecule has 0 amide bonds. The predicted octanol–water partition coefficient (Wildman–Crippen LogP) is 2.04. The van der Waals surface area contributed by atoms with Crippen LogP contribution in [0.15, 0.2) is 18.2 Å². The highest BCUT2D eigenvalue weighted by Gasteiger charge is 2.16. The number of halogens is 1. The quantitative estimate of drug-likeness (QED) is 0.865. The second kappa shape index (κ2) is 4.25. The molecular weight excluding hydrogens is 219 g/mol. The smallest absolute Gasteiger partial charge is 0.149 e. The summed E-state index contributed by atoms with van der Waals surface area (Å²) in [7, 11) is 0. The Balaban J connectivity index is 2.62. The molecule has 0 bridgehead atoms. The Hall–Kier alpha value is -1.75. The molecule has 0 fully saturated rings. The minimum absolute atomic E-state index is 0.212. The Morgan fingerprint density at radius 2 is 2.06 bits per heavy atom. The van der Waals surface area contributed by atoms with Crippen LogP contribution in [0.2, 0.25) is 0 Å². The molecule has 17 heavy (non-hydrogen) atoms. The van der Waals surface area contributed by atoms with Gasteiger partial charge < -0.3 is 5.73 Å². The highest BCUT2D eigenvalue weighted by Crippen LogP contribution is 2.21. The Morgan fingerprint density at radius 1 is 1.35 bits per heavy atom. The van der Waals surface area contributed by atoms with Crippen LogP contribution in [0.3, 0.4) is 0 Å². The van der Waals surface area contributed by atoms with Gasteiger partial charge in [-0.1, -0.05) is 17.3 Å². The van der Waals surface area contributed by atoms with Gasteiger partial charge in [0.1, 0.15) is 17.2 Å². The largest absolute Gasteiger partial charge is 0.323 e. The topological polar surface area (TPSA) is 56.7 Å². The van der Waals surface area contributed by atoms with Crippen molar-refractivity contribution in [3.8, 4) is 5.69 Å². The van der Waals surface area contributed by atoms with Crippen molar-refractivity contribution in [3.63, 3.8) is 0 Å². The SMILES string of the molecule is Cc1cccc(F)c1-n1nnc(C(C)N)c1C. The molecule has 0 aliphatic heterocycles. The van der Waals surface area contributed by atoms with Crippen molar-refractivity contribution in [2.45, 2.75) is 26.8 Å². The lowest BCUT2D eigenvalue weighted by Crippen LogP contribution is -2.09. The van der Waals surface area contributed by atoms with Crippen molar-refractivity contribution in [3.05, 3.63) is 41.0 Å². The summed E-state index contributed by atoms with van der Waals surface area (Å²) in [5.41, 5.74) is 8.48. The molecule has 2 rings (SSSR count). The monoisotopic (exact) mass is 234 g/mol. The molecule has 0 saturated heterocycles.